The number of nitriles is 1. The van der Waals surface area contributed by atoms with E-state index in [4.69, 9.17) is 4.98 Å². The van der Waals surface area contributed by atoms with Gasteiger partial charge in [-0.15, -0.1) is 0 Å². The number of hydrogen-bond donors (Lipinski definition) is 2. The molecule has 1 aliphatic rings. The van der Waals surface area contributed by atoms with Gasteiger partial charge in [0.05, 0.1) is 11.4 Å². The predicted octanol–water partition coefficient (Wildman–Crippen LogP) is 4.34. The molecule has 0 atom stereocenters. The summed E-state index contributed by atoms with van der Waals surface area (Å²) in [7, 11) is 5.85. The second-order valence-corrected chi connectivity index (χ2v) is 7.83. The van der Waals surface area contributed by atoms with Gasteiger partial charge < -0.3 is 20.4 Å². The third kappa shape index (κ3) is 4.02. The lowest BCUT2D eigenvalue weighted by molar-refractivity contribution is 0.475. The number of halogens is 1. The summed E-state index contributed by atoms with van der Waals surface area (Å²) in [5, 5.41) is 16.7. The molecule has 1 aromatic carbocycles. The largest absolute Gasteiger partial charge is 0.394 e. The van der Waals surface area contributed by atoms with E-state index in [0.29, 0.717) is 15.7 Å². The van der Waals surface area contributed by atoms with Gasteiger partial charge in [-0.25, -0.2) is 9.37 Å². The van der Waals surface area contributed by atoms with Crippen LogP contribution in [0.1, 0.15) is 25.1 Å². The molecule has 2 heterocycles. The molecule has 2 N–H and O–H groups in total. The van der Waals surface area contributed by atoms with Crippen LogP contribution in [0.25, 0.3) is 11.3 Å². The fourth-order valence-electron chi connectivity index (χ4n) is 3.41. The SMILES string of the molecule is CCC1=C(N(C)c2nc(-c3ccc(F)cc3)c(C#N)s2)NC=C(/C(C)=C/NC)N1C. The highest BCUT2D eigenvalue weighted by Crippen LogP contribution is 2.35. The van der Waals surface area contributed by atoms with Crippen molar-refractivity contribution in [1.82, 2.24) is 20.5 Å². The molecule has 0 saturated carbocycles. The minimum Gasteiger partial charge on any atom is -0.394 e. The van der Waals surface area contributed by atoms with Gasteiger partial charge in [-0.2, -0.15) is 5.26 Å². The van der Waals surface area contributed by atoms with Crippen LogP contribution in [0.3, 0.4) is 0 Å². The zero-order chi connectivity index (χ0) is 21.8. The molecule has 0 radical (unpaired) electrons. The third-order valence-corrected chi connectivity index (χ3v) is 5.98. The van der Waals surface area contributed by atoms with E-state index >= 15 is 0 Å². The number of anilines is 1. The van der Waals surface area contributed by atoms with Crippen LogP contribution >= 0.6 is 11.3 Å². The highest BCUT2D eigenvalue weighted by molar-refractivity contribution is 7.16. The van der Waals surface area contributed by atoms with Crippen LogP contribution in [-0.2, 0) is 0 Å². The van der Waals surface area contributed by atoms with Crippen LogP contribution in [0.2, 0.25) is 0 Å². The van der Waals surface area contributed by atoms with Gasteiger partial charge >= 0.3 is 0 Å². The minimum atomic E-state index is -0.317. The second kappa shape index (κ2) is 9.01. The first-order valence-corrected chi connectivity index (χ1v) is 10.4. The van der Waals surface area contributed by atoms with Crippen LogP contribution < -0.4 is 15.5 Å². The van der Waals surface area contributed by atoms with Gasteiger partial charge in [0.25, 0.3) is 0 Å². The van der Waals surface area contributed by atoms with Gasteiger partial charge in [0.1, 0.15) is 28.3 Å². The standard InChI is InChI=1S/C22H25FN6S/c1-6-17-21(26-13-18(28(17)4)14(2)12-25-3)29(5)22-27-20(19(11-24)30-22)15-7-9-16(23)10-8-15/h7-10,12-13,25-26H,6H2,1-5H3/b14-12+. The first kappa shape index (κ1) is 21.4. The first-order valence-electron chi connectivity index (χ1n) is 9.59. The number of thiazole rings is 1. The normalized spacial score (nSPS) is 14.2. The Hall–Kier alpha value is -3.31. The van der Waals surface area contributed by atoms with E-state index < -0.39 is 0 Å². The molecule has 3 rings (SSSR count). The molecule has 2 aromatic rings. The predicted molar refractivity (Wildman–Crippen MR) is 120 cm³/mol. The second-order valence-electron chi connectivity index (χ2n) is 6.85. The number of nitrogens with zero attached hydrogens (tertiary/aromatic N) is 4. The van der Waals surface area contributed by atoms with Gasteiger partial charge in [-0.3, -0.25) is 0 Å². The molecule has 0 spiro atoms. The Balaban J connectivity index is 1.97. The summed E-state index contributed by atoms with van der Waals surface area (Å²) in [4.78, 5) is 9.31. The maximum atomic E-state index is 13.3. The molecule has 0 fully saturated rings. The fraction of sp³-hybridized carbons (Fsp3) is 0.273. The number of aromatic nitrogens is 1. The van der Waals surface area contributed by atoms with Crippen molar-refractivity contribution in [3.63, 3.8) is 0 Å². The van der Waals surface area contributed by atoms with Crippen molar-refractivity contribution in [3.05, 3.63) is 70.1 Å². The van der Waals surface area contributed by atoms with Crippen LogP contribution in [0, 0.1) is 17.1 Å². The summed E-state index contributed by atoms with van der Waals surface area (Å²) in [6.45, 7) is 4.16. The summed E-state index contributed by atoms with van der Waals surface area (Å²) < 4.78 is 13.3. The smallest absolute Gasteiger partial charge is 0.192 e. The van der Waals surface area contributed by atoms with Crippen molar-refractivity contribution < 1.29 is 4.39 Å². The quantitative estimate of drug-likeness (QED) is 0.719. The molecule has 6 nitrogen and oxygen atoms in total. The van der Waals surface area contributed by atoms with E-state index in [1.54, 1.807) is 12.1 Å². The Bertz CT molecular complexity index is 1060. The molecular weight excluding hydrogens is 399 g/mol. The number of benzene rings is 1. The van der Waals surface area contributed by atoms with Gasteiger partial charge in [-0.05, 0) is 43.2 Å². The molecule has 30 heavy (non-hydrogen) atoms. The molecule has 1 aliphatic heterocycles. The Kier molecular flexibility index (Phi) is 6.43. The summed E-state index contributed by atoms with van der Waals surface area (Å²) in [6, 6.07) is 8.26. The highest BCUT2D eigenvalue weighted by Gasteiger charge is 2.25. The van der Waals surface area contributed by atoms with E-state index in [2.05, 4.69) is 35.5 Å². The van der Waals surface area contributed by atoms with E-state index in [9.17, 15) is 9.65 Å². The molecule has 0 saturated heterocycles. The lowest BCUT2D eigenvalue weighted by Gasteiger charge is -2.35. The summed E-state index contributed by atoms with van der Waals surface area (Å²) in [6.07, 6.45) is 4.74. The lowest BCUT2D eigenvalue weighted by atomic mass is 10.1. The first-order chi connectivity index (χ1) is 14.4. The van der Waals surface area contributed by atoms with E-state index in [-0.39, 0.29) is 5.82 Å². The Morgan fingerprint density at radius 1 is 1.40 bits per heavy atom. The Morgan fingerprint density at radius 3 is 2.70 bits per heavy atom. The van der Waals surface area contributed by atoms with Crippen molar-refractivity contribution in [3.8, 4) is 17.3 Å². The zero-order valence-corrected chi connectivity index (χ0v) is 18.6. The number of allylic oxidation sites excluding steroid dienone is 2. The molecule has 8 heteroatoms. The van der Waals surface area contributed by atoms with Crippen molar-refractivity contribution in [2.75, 3.05) is 26.0 Å². The van der Waals surface area contributed by atoms with E-state index in [0.717, 1.165) is 34.8 Å². The van der Waals surface area contributed by atoms with Gasteiger partial charge in [0, 0.05) is 39.1 Å². The van der Waals surface area contributed by atoms with Crippen molar-refractivity contribution >= 4 is 16.5 Å². The lowest BCUT2D eigenvalue weighted by Crippen LogP contribution is -2.36. The molecule has 0 bridgehead atoms. The van der Waals surface area contributed by atoms with Gasteiger partial charge in [0.15, 0.2) is 5.13 Å². The molecule has 1 aromatic heterocycles. The van der Waals surface area contributed by atoms with Crippen LogP contribution in [0.4, 0.5) is 9.52 Å². The molecule has 0 unspecified atom stereocenters. The Labute approximate surface area is 180 Å². The number of rotatable bonds is 6. The topological polar surface area (TPSA) is 67.2 Å². The van der Waals surface area contributed by atoms with Crippen LogP contribution in [-0.4, -0.2) is 31.0 Å². The van der Waals surface area contributed by atoms with E-state index in [1.807, 2.05) is 38.4 Å². The fourth-order valence-corrected chi connectivity index (χ4v) is 4.27. The number of nitrogens with one attached hydrogen (secondary N) is 2. The average Bonchev–Trinajstić information content (AvgIpc) is 3.18. The summed E-state index contributed by atoms with van der Waals surface area (Å²) in [5.41, 5.74) is 4.58. The number of hydrogen-bond acceptors (Lipinski definition) is 7. The molecule has 0 aliphatic carbocycles. The van der Waals surface area contributed by atoms with Crippen molar-refractivity contribution in [2.24, 2.45) is 0 Å². The maximum absolute atomic E-state index is 13.3. The molecule has 156 valence electrons. The summed E-state index contributed by atoms with van der Waals surface area (Å²) in [5.74, 6) is 0.590. The van der Waals surface area contributed by atoms with E-state index in [1.165, 1.54) is 23.5 Å². The van der Waals surface area contributed by atoms with Gasteiger partial charge in [-0.1, -0.05) is 18.3 Å². The van der Waals surface area contributed by atoms with Gasteiger partial charge in [0.2, 0.25) is 0 Å². The molecular formula is C22H25FN6S. The monoisotopic (exact) mass is 424 g/mol. The van der Waals surface area contributed by atoms with Crippen LogP contribution in [0.5, 0.6) is 0 Å². The maximum Gasteiger partial charge on any atom is 0.192 e. The highest BCUT2D eigenvalue weighted by atomic mass is 32.1. The summed E-state index contributed by atoms with van der Waals surface area (Å²) >= 11 is 1.31. The minimum absolute atomic E-state index is 0.317. The molecule has 0 amide bonds. The average molecular weight is 425 g/mol. The van der Waals surface area contributed by atoms with Crippen molar-refractivity contribution in [2.45, 2.75) is 20.3 Å². The number of likely N-dealkylation sites (N-methyl/N-ethyl adjacent to an activating group) is 1. The zero-order valence-electron chi connectivity index (χ0n) is 17.7. The van der Waals surface area contributed by atoms with Crippen molar-refractivity contribution in [1.29, 1.82) is 5.26 Å². The Morgan fingerprint density at radius 2 is 2.10 bits per heavy atom. The van der Waals surface area contributed by atoms with Crippen LogP contribution in [0.15, 0.2) is 59.5 Å². The third-order valence-electron chi connectivity index (χ3n) is 4.94.